The maximum Gasteiger partial charge on any atom is 0.0823 e. The van der Waals surface area contributed by atoms with E-state index in [-0.39, 0.29) is 6.10 Å². The van der Waals surface area contributed by atoms with Crippen LogP contribution in [0, 0.1) is 5.92 Å². The van der Waals surface area contributed by atoms with Crippen molar-refractivity contribution >= 4 is 0 Å². The summed E-state index contributed by atoms with van der Waals surface area (Å²) in [5.74, 6) is 0.875. The van der Waals surface area contributed by atoms with E-state index >= 15 is 0 Å². The minimum atomic E-state index is 0.214. The molecule has 1 rings (SSSR count). The Morgan fingerprint density at radius 2 is 2.20 bits per heavy atom. The van der Waals surface area contributed by atoms with Crippen molar-refractivity contribution in [3.63, 3.8) is 0 Å². The van der Waals surface area contributed by atoms with Gasteiger partial charge in [0.1, 0.15) is 0 Å². The molecule has 0 aromatic carbocycles. The van der Waals surface area contributed by atoms with E-state index in [0.29, 0.717) is 12.6 Å². The number of hydrogen-bond donors (Lipinski definition) is 1. The molecule has 1 saturated heterocycles. The zero-order valence-electron chi connectivity index (χ0n) is 10.4. The molecule has 0 radical (unpaired) electrons. The Labute approximate surface area is 94.0 Å². The second kappa shape index (κ2) is 6.46. The lowest BCUT2D eigenvalue weighted by atomic mass is 9.93. The molecule has 15 heavy (non-hydrogen) atoms. The molecule has 1 aliphatic heterocycles. The van der Waals surface area contributed by atoms with Gasteiger partial charge in [0.25, 0.3) is 0 Å². The third-order valence-electron chi connectivity index (χ3n) is 3.38. The second-order valence-electron chi connectivity index (χ2n) is 4.79. The molecular formula is C12H26N2O. The topological polar surface area (TPSA) is 38.5 Å². The number of rotatable bonds is 5. The van der Waals surface area contributed by atoms with Crippen molar-refractivity contribution < 1.29 is 4.74 Å². The molecule has 0 amide bonds. The van der Waals surface area contributed by atoms with Crippen molar-refractivity contribution in [3.05, 3.63) is 0 Å². The van der Waals surface area contributed by atoms with Crippen LogP contribution < -0.4 is 5.73 Å². The summed E-state index contributed by atoms with van der Waals surface area (Å²) in [6, 6.07) is 0.684. The number of nitrogens with zero attached hydrogens (tertiary/aromatic N) is 1. The highest BCUT2D eigenvalue weighted by Gasteiger charge is 2.24. The molecular weight excluding hydrogens is 188 g/mol. The lowest BCUT2D eigenvalue weighted by molar-refractivity contribution is 0.0154. The average molecular weight is 214 g/mol. The average Bonchev–Trinajstić information content (AvgIpc) is 2.21. The fourth-order valence-corrected chi connectivity index (χ4v) is 2.42. The van der Waals surface area contributed by atoms with Gasteiger partial charge in [0.05, 0.1) is 6.10 Å². The highest BCUT2D eigenvalue weighted by Crippen LogP contribution is 2.22. The Bertz CT molecular complexity index is 175. The van der Waals surface area contributed by atoms with Crippen LogP contribution >= 0.6 is 0 Å². The smallest absolute Gasteiger partial charge is 0.0823 e. The monoisotopic (exact) mass is 214 g/mol. The van der Waals surface area contributed by atoms with Gasteiger partial charge in [0, 0.05) is 25.7 Å². The van der Waals surface area contributed by atoms with E-state index in [1.807, 2.05) is 6.92 Å². The van der Waals surface area contributed by atoms with E-state index in [0.717, 1.165) is 19.1 Å². The largest absolute Gasteiger partial charge is 0.376 e. The van der Waals surface area contributed by atoms with Gasteiger partial charge in [-0.05, 0) is 39.2 Å². The summed E-state index contributed by atoms with van der Waals surface area (Å²) in [5, 5.41) is 0. The SMILES string of the molecule is CCOC(CN)CN1CCC(C)CC1C. The van der Waals surface area contributed by atoms with E-state index < -0.39 is 0 Å². The summed E-state index contributed by atoms with van der Waals surface area (Å²) >= 11 is 0. The molecule has 3 atom stereocenters. The highest BCUT2D eigenvalue weighted by atomic mass is 16.5. The molecule has 1 fully saturated rings. The quantitative estimate of drug-likeness (QED) is 0.753. The Balaban J connectivity index is 2.35. The molecule has 0 saturated carbocycles. The summed E-state index contributed by atoms with van der Waals surface area (Å²) in [6.07, 6.45) is 2.84. The first-order chi connectivity index (χ1) is 7.17. The summed E-state index contributed by atoms with van der Waals surface area (Å²) in [6.45, 7) is 10.3. The summed E-state index contributed by atoms with van der Waals surface area (Å²) in [5.41, 5.74) is 5.70. The molecule has 0 aliphatic carbocycles. The van der Waals surface area contributed by atoms with E-state index in [1.165, 1.54) is 19.4 Å². The van der Waals surface area contributed by atoms with E-state index in [2.05, 4.69) is 18.7 Å². The molecule has 0 aromatic rings. The first kappa shape index (κ1) is 12.9. The lowest BCUT2D eigenvalue weighted by Gasteiger charge is -2.38. The van der Waals surface area contributed by atoms with Crippen LogP contribution in [0.5, 0.6) is 0 Å². The van der Waals surface area contributed by atoms with Crippen molar-refractivity contribution in [3.8, 4) is 0 Å². The zero-order chi connectivity index (χ0) is 11.3. The fraction of sp³-hybridized carbons (Fsp3) is 1.00. The Morgan fingerprint density at radius 1 is 1.47 bits per heavy atom. The standard InChI is InChI=1S/C12H26N2O/c1-4-15-12(8-13)9-14-6-5-10(2)7-11(14)3/h10-12H,4-9,13H2,1-3H3. The number of likely N-dealkylation sites (tertiary alicyclic amines) is 1. The van der Waals surface area contributed by atoms with Gasteiger partial charge in [-0.15, -0.1) is 0 Å². The van der Waals surface area contributed by atoms with Crippen LogP contribution in [0.2, 0.25) is 0 Å². The van der Waals surface area contributed by atoms with E-state index in [1.54, 1.807) is 0 Å². The molecule has 3 nitrogen and oxygen atoms in total. The molecule has 2 N–H and O–H groups in total. The van der Waals surface area contributed by atoms with Gasteiger partial charge in [-0.2, -0.15) is 0 Å². The molecule has 3 unspecified atom stereocenters. The minimum absolute atomic E-state index is 0.214. The van der Waals surface area contributed by atoms with E-state index in [9.17, 15) is 0 Å². The van der Waals surface area contributed by atoms with Crippen LogP contribution in [-0.4, -0.2) is 43.3 Å². The van der Waals surface area contributed by atoms with Gasteiger partial charge < -0.3 is 10.5 Å². The fourth-order valence-electron chi connectivity index (χ4n) is 2.42. The van der Waals surface area contributed by atoms with Crippen molar-refractivity contribution in [2.75, 3.05) is 26.2 Å². The summed E-state index contributed by atoms with van der Waals surface area (Å²) in [7, 11) is 0. The molecule has 3 heteroatoms. The van der Waals surface area contributed by atoms with Gasteiger partial charge in [0.2, 0.25) is 0 Å². The Kier molecular flexibility index (Phi) is 5.58. The van der Waals surface area contributed by atoms with Crippen LogP contribution in [0.3, 0.4) is 0 Å². The minimum Gasteiger partial charge on any atom is -0.376 e. The molecule has 1 heterocycles. The first-order valence-electron chi connectivity index (χ1n) is 6.23. The number of hydrogen-bond acceptors (Lipinski definition) is 3. The van der Waals surface area contributed by atoms with E-state index in [4.69, 9.17) is 10.5 Å². The second-order valence-corrected chi connectivity index (χ2v) is 4.79. The highest BCUT2D eigenvalue weighted by molar-refractivity contribution is 4.79. The van der Waals surface area contributed by atoms with Crippen LogP contribution in [-0.2, 0) is 4.74 Å². The van der Waals surface area contributed by atoms with Crippen molar-refractivity contribution in [1.82, 2.24) is 4.90 Å². The number of ether oxygens (including phenoxy) is 1. The van der Waals surface area contributed by atoms with Gasteiger partial charge >= 0.3 is 0 Å². The maximum absolute atomic E-state index is 5.70. The first-order valence-corrected chi connectivity index (χ1v) is 6.23. The van der Waals surface area contributed by atoms with Crippen molar-refractivity contribution in [2.45, 2.75) is 45.8 Å². The van der Waals surface area contributed by atoms with Gasteiger partial charge in [0.15, 0.2) is 0 Å². The third kappa shape index (κ3) is 4.09. The Morgan fingerprint density at radius 3 is 2.73 bits per heavy atom. The number of piperidine rings is 1. The molecule has 0 aromatic heterocycles. The van der Waals surface area contributed by atoms with Crippen LogP contribution in [0.1, 0.15) is 33.6 Å². The van der Waals surface area contributed by atoms with Gasteiger partial charge in [-0.25, -0.2) is 0 Å². The maximum atomic E-state index is 5.70. The van der Waals surface area contributed by atoms with Crippen molar-refractivity contribution in [1.29, 1.82) is 0 Å². The lowest BCUT2D eigenvalue weighted by Crippen LogP contribution is -2.46. The molecule has 90 valence electrons. The predicted molar refractivity (Wildman–Crippen MR) is 63.9 cm³/mol. The number of nitrogens with two attached hydrogens (primary N) is 1. The van der Waals surface area contributed by atoms with Gasteiger partial charge in [-0.1, -0.05) is 6.92 Å². The van der Waals surface area contributed by atoms with Crippen LogP contribution in [0.4, 0.5) is 0 Å². The van der Waals surface area contributed by atoms with Crippen LogP contribution in [0.15, 0.2) is 0 Å². The normalized spacial score (nSPS) is 30.4. The van der Waals surface area contributed by atoms with Gasteiger partial charge in [-0.3, -0.25) is 4.90 Å². The van der Waals surface area contributed by atoms with Crippen LogP contribution in [0.25, 0.3) is 0 Å². The predicted octanol–water partition coefficient (Wildman–Crippen LogP) is 1.47. The van der Waals surface area contributed by atoms with Crippen molar-refractivity contribution in [2.24, 2.45) is 11.7 Å². The Hall–Kier alpha value is -0.120. The summed E-state index contributed by atoms with van der Waals surface area (Å²) < 4.78 is 5.60. The third-order valence-corrected chi connectivity index (χ3v) is 3.38. The zero-order valence-corrected chi connectivity index (χ0v) is 10.4. The molecule has 1 aliphatic rings. The molecule has 0 bridgehead atoms. The molecule has 0 spiro atoms. The summed E-state index contributed by atoms with van der Waals surface area (Å²) in [4.78, 5) is 2.52.